The van der Waals surface area contributed by atoms with Gasteiger partial charge < -0.3 is 0 Å². The molecule has 2 aromatic rings. The van der Waals surface area contributed by atoms with Gasteiger partial charge in [-0.1, -0.05) is 72.0 Å². The van der Waals surface area contributed by atoms with E-state index in [1.165, 1.54) is 16.7 Å². The molecule has 1 fully saturated rings. The molecule has 1 saturated heterocycles. The van der Waals surface area contributed by atoms with E-state index < -0.39 is 0 Å². The fourth-order valence-electron chi connectivity index (χ4n) is 2.13. The topological polar surface area (TPSA) is 37.4 Å². The summed E-state index contributed by atoms with van der Waals surface area (Å²) in [6.45, 7) is 0. The van der Waals surface area contributed by atoms with Crippen molar-refractivity contribution in [3.8, 4) is 0 Å². The van der Waals surface area contributed by atoms with Gasteiger partial charge in [0.15, 0.2) is 4.32 Å². The van der Waals surface area contributed by atoms with Crippen LogP contribution in [-0.2, 0) is 4.79 Å². The molecular weight excluding hydrogens is 350 g/mol. The number of para-hydroxylation sites is 1. The van der Waals surface area contributed by atoms with Crippen molar-refractivity contribution in [3.63, 3.8) is 0 Å². The molecule has 0 aliphatic carbocycles. The molecule has 0 aromatic heterocycles. The molecule has 3 rings (SSSR count). The highest BCUT2D eigenvalue weighted by atomic mass is 35.5. The summed E-state index contributed by atoms with van der Waals surface area (Å²) in [6, 6.07) is 14.1. The minimum Gasteiger partial charge on any atom is -0.298 e. The van der Waals surface area contributed by atoms with E-state index in [0.717, 1.165) is 11.8 Å². The lowest BCUT2D eigenvalue weighted by atomic mass is 10.1. The maximum absolute atomic E-state index is 12.6. The Hall–Kier alpha value is -1.95. The molecule has 0 atom stereocenters. The average Bonchev–Trinajstić information content (AvgIpc) is 2.83. The van der Waals surface area contributed by atoms with Gasteiger partial charge in [0.2, 0.25) is 0 Å². The summed E-state index contributed by atoms with van der Waals surface area (Å²) in [5.74, 6) is -0.201. The lowest BCUT2D eigenvalue weighted by molar-refractivity contribution is -0.113. The second-order valence-electron chi connectivity index (χ2n) is 4.75. The zero-order valence-electron chi connectivity index (χ0n) is 11.7. The molecule has 0 radical (unpaired) electrons. The van der Waals surface area contributed by atoms with E-state index in [4.69, 9.17) is 23.8 Å². The molecule has 23 heavy (non-hydrogen) atoms. The van der Waals surface area contributed by atoms with Gasteiger partial charge in [-0.2, -0.15) is 0 Å². The van der Waals surface area contributed by atoms with Gasteiger partial charge in [0, 0.05) is 5.56 Å². The molecule has 2 aromatic carbocycles. The first-order chi connectivity index (χ1) is 11.1. The molecule has 0 unspecified atom stereocenters. The van der Waals surface area contributed by atoms with Crippen LogP contribution in [0.3, 0.4) is 0 Å². The van der Waals surface area contributed by atoms with Crippen LogP contribution in [0.25, 0.3) is 6.08 Å². The smallest absolute Gasteiger partial charge is 0.270 e. The van der Waals surface area contributed by atoms with E-state index in [9.17, 15) is 9.59 Å². The highest BCUT2D eigenvalue weighted by molar-refractivity contribution is 8.27. The van der Waals surface area contributed by atoms with Gasteiger partial charge in [0.1, 0.15) is 6.29 Å². The number of rotatable bonds is 3. The fraction of sp³-hybridized carbons (Fsp3) is 0. The summed E-state index contributed by atoms with van der Waals surface area (Å²) < 4.78 is 0.443. The number of benzene rings is 2. The molecule has 1 aliphatic rings. The highest BCUT2D eigenvalue weighted by Gasteiger charge is 2.34. The van der Waals surface area contributed by atoms with Gasteiger partial charge in [-0.3, -0.25) is 14.5 Å². The van der Waals surface area contributed by atoms with Gasteiger partial charge in [-0.15, -0.1) is 0 Å². The third-order valence-corrected chi connectivity index (χ3v) is 4.88. The van der Waals surface area contributed by atoms with Gasteiger partial charge >= 0.3 is 0 Å². The maximum Gasteiger partial charge on any atom is 0.270 e. The predicted molar refractivity (Wildman–Crippen MR) is 98.9 cm³/mol. The molecule has 3 nitrogen and oxygen atoms in total. The van der Waals surface area contributed by atoms with Gasteiger partial charge in [0.25, 0.3) is 5.91 Å². The highest BCUT2D eigenvalue weighted by Crippen LogP contribution is 2.38. The molecular formula is C17H10ClNO2S2. The van der Waals surface area contributed by atoms with Crippen LogP contribution < -0.4 is 4.90 Å². The van der Waals surface area contributed by atoms with Crippen molar-refractivity contribution < 1.29 is 9.59 Å². The Kier molecular flexibility index (Phi) is 4.61. The summed E-state index contributed by atoms with van der Waals surface area (Å²) >= 11 is 12.7. The van der Waals surface area contributed by atoms with Crippen LogP contribution >= 0.6 is 35.6 Å². The second-order valence-corrected chi connectivity index (χ2v) is 6.84. The number of amides is 1. The molecule has 1 heterocycles. The summed E-state index contributed by atoms with van der Waals surface area (Å²) in [6.07, 6.45) is 2.53. The lowest BCUT2D eigenvalue weighted by Gasteiger charge is -2.15. The van der Waals surface area contributed by atoms with Crippen molar-refractivity contribution in [1.29, 1.82) is 0 Å². The molecule has 1 amide bonds. The molecule has 0 saturated carbocycles. The van der Waals surface area contributed by atoms with E-state index in [0.29, 0.717) is 25.5 Å². The maximum atomic E-state index is 12.6. The van der Waals surface area contributed by atoms with Crippen LogP contribution in [0.4, 0.5) is 5.69 Å². The molecule has 114 valence electrons. The van der Waals surface area contributed by atoms with Crippen molar-refractivity contribution in [2.24, 2.45) is 0 Å². The van der Waals surface area contributed by atoms with Crippen molar-refractivity contribution in [1.82, 2.24) is 0 Å². The van der Waals surface area contributed by atoms with E-state index >= 15 is 0 Å². The van der Waals surface area contributed by atoms with Gasteiger partial charge in [-0.05, 0) is 23.8 Å². The number of halogens is 1. The van der Waals surface area contributed by atoms with E-state index in [-0.39, 0.29) is 5.91 Å². The van der Waals surface area contributed by atoms with Crippen LogP contribution in [0, 0.1) is 0 Å². The first kappa shape index (κ1) is 15.9. The quantitative estimate of drug-likeness (QED) is 0.457. The number of nitrogens with zero attached hydrogens (tertiary/aromatic N) is 1. The summed E-state index contributed by atoms with van der Waals surface area (Å²) in [4.78, 5) is 25.3. The first-order valence-corrected chi connectivity index (χ1v) is 8.28. The third kappa shape index (κ3) is 3.22. The largest absolute Gasteiger partial charge is 0.298 e. The minimum absolute atomic E-state index is 0.201. The fourth-order valence-corrected chi connectivity index (χ4v) is 3.64. The summed E-state index contributed by atoms with van der Waals surface area (Å²) in [5.41, 5.74) is 2.00. The standard InChI is InChI=1S/C17H10ClNO2S2/c18-13-3-1-2-4-14(13)19-16(21)15(23-17(19)22)9-11-5-7-12(10-20)8-6-11/h1-10H/b15-9+. The monoisotopic (exact) mass is 359 g/mol. The van der Waals surface area contributed by atoms with Crippen molar-refractivity contribution >= 4 is 63.9 Å². The van der Waals surface area contributed by atoms with E-state index in [1.54, 1.807) is 48.5 Å². The van der Waals surface area contributed by atoms with Crippen molar-refractivity contribution in [2.45, 2.75) is 0 Å². The number of carbonyl (C=O) groups is 2. The number of anilines is 1. The average molecular weight is 360 g/mol. The van der Waals surface area contributed by atoms with Crippen LogP contribution in [0.5, 0.6) is 0 Å². The molecule has 0 bridgehead atoms. The number of thioether (sulfide) groups is 1. The van der Waals surface area contributed by atoms with Crippen molar-refractivity contribution in [2.75, 3.05) is 4.90 Å². The van der Waals surface area contributed by atoms with Crippen LogP contribution in [-0.4, -0.2) is 16.5 Å². The number of aldehydes is 1. The normalized spacial score (nSPS) is 16.2. The Morgan fingerprint density at radius 3 is 2.35 bits per heavy atom. The van der Waals surface area contributed by atoms with E-state index in [2.05, 4.69) is 0 Å². The number of hydrogen-bond acceptors (Lipinski definition) is 4. The van der Waals surface area contributed by atoms with Gasteiger partial charge in [-0.25, -0.2) is 0 Å². The number of carbonyl (C=O) groups excluding carboxylic acids is 2. The van der Waals surface area contributed by atoms with Crippen LogP contribution in [0.15, 0.2) is 53.4 Å². The zero-order chi connectivity index (χ0) is 16.4. The Labute approximate surface area is 147 Å². The molecule has 6 heteroatoms. The predicted octanol–water partition coefficient (Wildman–Crippen LogP) is 4.56. The minimum atomic E-state index is -0.201. The Balaban J connectivity index is 1.93. The number of hydrogen-bond donors (Lipinski definition) is 0. The Morgan fingerprint density at radius 2 is 1.70 bits per heavy atom. The summed E-state index contributed by atoms with van der Waals surface area (Å²) in [5, 5.41) is 0.473. The molecule has 1 aliphatic heterocycles. The van der Waals surface area contributed by atoms with Crippen LogP contribution in [0.1, 0.15) is 15.9 Å². The Bertz CT molecular complexity index is 831. The third-order valence-electron chi connectivity index (χ3n) is 3.26. The van der Waals surface area contributed by atoms with E-state index in [1.807, 2.05) is 6.07 Å². The zero-order valence-corrected chi connectivity index (χ0v) is 14.1. The van der Waals surface area contributed by atoms with Crippen LogP contribution in [0.2, 0.25) is 5.02 Å². The second kappa shape index (κ2) is 6.66. The summed E-state index contributed by atoms with van der Waals surface area (Å²) in [7, 11) is 0. The molecule has 0 spiro atoms. The number of thiocarbonyl (C=S) groups is 1. The SMILES string of the molecule is O=Cc1ccc(/C=C2/SC(=S)N(c3ccccc3Cl)C2=O)cc1. The van der Waals surface area contributed by atoms with Crippen molar-refractivity contribution in [3.05, 3.63) is 69.6 Å². The Morgan fingerprint density at radius 1 is 1.04 bits per heavy atom. The van der Waals surface area contributed by atoms with Gasteiger partial charge in [0.05, 0.1) is 15.6 Å². The lowest BCUT2D eigenvalue weighted by Crippen LogP contribution is -2.27. The first-order valence-electron chi connectivity index (χ1n) is 6.68. The molecule has 0 N–H and O–H groups in total.